The first-order chi connectivity index (χ1) is 18.8. The standard InChI is InChI=1S/C26H27F8N3O3S/c1-22-13-36(8-4-10-41-9-3-7-24(27,28)26(32,33)34)14-23(2,40-22)19-18(22)20(38)37(21(19)39)16-6-5-15(12-35)17(11-16)25(29,30)31/h5-6,11,18-19H,3-4,7-10,13-14H2,1-2H3. The highest BCUT2D eigenvalue weighted by atomic mass is 32.2. The smallest absolute Gasteiger partial charge is 0.365 e. The lowest BCUT2D eigenvalue weighted by Crippen LogP contribution is -2.58. The van der Waals surface area contributed by atoms with Crippen molar-refractivity contribution in [2.75, 3.05) is 36.0 Å². The number of nitrogens with zero attached hydrogens (tertiary/aromatic N) is 3. The highest BCUT2D eigenvalue weighted by Gasteiger charge is 2.71. The van der Waals surface area contributed by atoms with Crippen molar-refractivity contribution < 1.29 is 49.4 Å². The molecule has 3 saturated heterocycles. The monoisotopic (exact) mass is 613 g/mol. The molecular weight excluding hydrogens is 586 g/mol. The maximum atomic E-state index is 13.5. The number of alkyl halides is 8. The predicted octanol–water partition coefficient (Wildman–Crippen LogP) is 5.65. The quantitative estimate of drug-likeness (QED) is 0.204. The molecule has 1 aromatic rings. The van der Waals surface area contributed by atoms with E-state index >= 15 is 0 Å². The van der Waals surface area contributed by atoms with Crippen LogP contribution in [0.1, 0.15) is 44.2 Å². The second-order valence-corrected chi connectivity index (χ2v) is 12.2. The predicted molar refractivity (Wildman–Crippen MR) is 132 cm³/mol. The van der Waals surface area contributed by atoms with Crippen molar-refractivity contribution in [3.63, 3.8) is 0 Å². The fourth-order valence-corrected chi connectivity index (χ4v) is 7.10. The molecule has 0 saturated carbocycles. The summed E-state index contributed by atoms with van der Waals surface area (Å²) in [4.78, 5) is 29.8. The number of morpholine rings is 1. The van der Waals surface area contributed by atoms with E-state index in [0.717, 1.165) is 17.0 Å². The lowest BCUT2D eigenvalue weighted by molar-refractivity contribution is -0.284. The SMILES string of the molecule is CC12CN(CCCSCCCC(F)(F)C(F)(F)F)CC(C)(O1)C1C(=O)N(c3ccc(C#N)c(C(F)(F)F)c3)C(=O)C12. The van der Waals surface area contributed by atoms with Crippen LogP contribution in [0.25, 0.3) is 0 Å². The van der Waals surface area contributed by atoms with E-state index in [4.69, 9.17) is 10.00 Å². The number of rotatable bonds is 9. The molecule has 4 atom stereocenters. The van der Waals surface area contributed by atoms with Crippen molar-refractivity contribution in [1.82, 2.24) is 4.90 Å². The highest BCUT2D eigenvalue weighted by molar-refractivity contribution is 7.99. The zero-order chi connectivity index (χ0) is 30.6. The van der Waals surface area contributed by atoms with Crippen LogP contribution in [0.3, 0.4) is 0 Å². The number of amides is 2. The van der Waals surface area contributed by atoms with E-state index in [-0.39, 0.29) is 31.0 Å². The van der Waals surface area contributed by atoms with Gasteiger partial charge in [-0.3, -0.25) is 14.5 Å². The van der Waals surface area contributed by atoms with Gasteiger partial charge in [-0.1, -0.05) is 0 Å². The number of nitriles is 1. The molecule has 0 radical (unpaired) electrons. The van der Waals surface area contributed by atoms with E-state index in [2.05, 4.69) is 0 Å². The summed E-state index contributed by atoms with van der Waals surface area (Å²) in [5, 5.41) is 9.06. The third kappa shape index (κ3) is 5.79. The second-order valence-electron chi connectivity index (χ2n) is 11.0. The van der Waals surface area contributed by atoms with Crippen LogP contribution >= 0.6 is 11.8 Å². The van der Waals surface area contributed by atoms with Gasteiger partial charge in [0.05, 0.1) is 45.9 Å². The molecule has 6 nitrogen and oxygen atoms in total. The Hall–Kier alpha value is -2.44. The minimum Gasteiger partial charge on any atom is -0.365 e. The van der Waals surface area contributed by atoms with Crippen LogP contribution in [0.2, 0.25) is 0 Å². The number of ether oxygens (including phenoxy) is 1. The van der Waals surface area contributed by atoms with Gasteiger partial charge in [0.2, 0.25) is 11.8 Å². The van der Waals surface area contributed by atoms with Gasteiger partial charge in [0, 0.05) is 19.5 Å². The van der Waals surface area contributed by atoms with Gasteiger partial charge in [0.15, 0.2) is 0 Å². The minimum atomic E-state index is -5.56. The Labute approximate surface area is 235 Å². The van der Waals surface area contributed by atoms with E-state index in [0.29, 0.717) is 24.8 Å². The van der Waals surface area contributed by atoms with Crippen molar-refractivity contribution in [2.24, 2.45) is 11.8 Å². The lowest BCUT2D eigenvalue weighted by atomic mass is 9.79. The summed E-state index contributed by atoms with van der Waals surface area (Å²) in [7, 11) is 0. The summed E-state index contributed by atoms with van der Waals surface area (Å²) < 4.78 is 110. The third-order valence-electron chi connectivity index (χ3n) is 7.81. The van der Waals surface area contributed by atoms with E-state index in [9.17, 15) is 44.7 Å². The molecule has 15 heteroatoms. The zero-order valence-corrected chi connectivity index (χ0v) is 22.9. The van der Waals surface area contributed by atoms with Crippen molar-refractivity contribution in [3.05, 3.63) is 29.3 Å². The molecule has 0 N–H and O–H groups in total. The summed E-state index contributed by atoms with van der Waals surface area (Å²) in [6.07, 6.45) is -11.4. The van der Waals surface area contributed by atoms with E-state index in [1.54, 1.807) is 13.8 Å². The van der Waals surface area contributed by atoms with Crippen LogP contribution in [0, 0.1) is 23.2 Å². The summed E-state index contributed by atoms with van der Waals surface area (Å²) in [6, 6.07) is 4.16. The Morgan fingerprint density at radius 2 is 1.54 bits per heavy atom. The number of imide groups is 1. The summed E-state index contributed by atoms with van der Waals surface area (Å²) in [6.45, 7) is 4.34. The summed E-state index contributed by atoms with van der Waals surface area (Å²) in [5.41, 5.74) is -4.38. The first kappa shape index (κ1) is 31.5. The Morgan fingerprint density at radius 3 is 2.05 bits per heavy atom. The Balaban J connectivity index is 1.39. The van der Waals surface area contributed by atoms with Crippen LogP contribution in [-0.4, -0.2) is 71.2 Å². The fourth-order valence-electron chi connectivity index (χ4n) is 6.21. The molecule has 0 aliphatic carbocycles. The number of hydrogen-bond acceptors (Lipinski definition) is 6. The van der Waals surface area contributed by atoms with Gasteiger partial charge in [-0.15, -0.1) is 0 Å². The van der Waals surface area contributed by atoms with Crippen LogP contribution in [0.15, 0.2) is 18.2 Å². The molecule has 0 spiro atoms. The molecule has 3 aliphatic heterocycles. The lowest BCUT2D eigenvalue weighted by Gasteiger charge is -2.45. The van der Waals surface area contributed by atoms with E-state index in [1.807, 2.05) is 4.90 Å². The Bertz CT molecular complexity index is 1210. The van der Waals surface area contributed by atoms with E-state index in [1.165, 1.54) is 17.8 Å². The molecule has 1 aromatic carbocycles. The molecule has 3 aliphatic rings. The maximum absolute atomic E-state index is 13.5. The number of likely N-dealkylation sites (tertiary alicyclic amines) is 1. The molecule has 0 aromatic heterocycles. The molecule has 4 rings (SSSR count). The molecule has 226 valence electrons. The zero-order valence-electron chi connectivity index (χ0n) is 22.0. The number of benzene rings is 1. The normalized spacial score (nSPS) is 28.8. The summed E-state index contributed by atoms with van der Waals surface area (Å²) >= 11 is 1.26. The largest absolute Gasteiger partial charge is 0.453 e. The number of carbonyl (C=O) groups excluding carboxylic acids is 2. The maximum Gasteiger partial charge on any atom is 0.453 e. The molecule has 2 bridgehead atoms. The van der Waals surface area contributed by atoms with Gasteiger partial charge >= 0.3 is 18.3 Å². The van der Waals surface area contributed by atoms with Gasteiger partial charge in [0.1, 0.15) is 0 Å². The molecule has 41 heavy (non-hydrogen) atoms. The van der Waals surface area contributed by atoms with Crippen LogP contribution in [-0.2, 0) is 20.5 Å². The van der Waals surface area contributed by atoms with Gasteiger partial charge in [-0.2, -0.15) is 52.1 Å². The number of halogens is 8. The van der Waals surface area contributed by atoms with Gasteiger partial charge in [-0.25, -0.2) is 4.90 Å². The van der Waals surface area contributed by atoms with Gasteiger partial charge in [-0.05, 0) is 62.9 Å². The van der Waals surface area contributed by atoms with Crippen LogP contribution in [0.5, 0.6) is 0 Å². The number of fused-ring (bicyclic) bond motifs is 5. The van der Waals surface area contributed by atoms with E-state index < -0.39 is 70.7 Å². The molecule has 2 amide bonds. The van der Waals surface area contributed by atoms with Gasteiger partial charge < -0.3 is 4.74 Å². The second kappa shape index (κ2) is 10.7. The average molecular weight is 614 g/mol. The number of hydrogen-bond donors (Lipinski definition) is 0. The minimum absolute atomic E-state index is 0.137. The van der Waals surface area contributed by atoms with Crippen molar-refractivity contribution in [1.29, 1.82) is 5.26 Å². The first-order valence-electron chi connectivity index (χ1n) is 12.8. The van der Waals surface area contributed by atoms with Crippen LogP contribution in [0.4, 0.5) is 40.8 Å². The van der Waals surface area contributed by atoms with Crippen LogP contribution < -0.4 is 4.90 Å². The molecular formula is C26H27F8N3O3S. The van der Waals surface area contributed by atoms with Crippen molar-refractivity contribution in [3.8, 4) is 6.07 Å². The Morgan fingerprint density at radius 1 is 0.976 bits per heavy atom. The molecule has 3 heterocycles. The number of thioether (sulfide) groups is 1. The average Bonchev–Trinajstić information content (AvgIpc) is 3.21. The topological polar surface area (TPSA) is 73.6 Å². The molecule has 4 unspecified atom stereocenters. The number of anilines is 1. The highest BCUT2D eigenvalue weighted by Crippen LogP contribution is 2.55. The van der Waals surface area contributed by atoms with Crippen molar-refractivity contribution in [2.45, 2.75) is 62.6 Å². The first-order valence-corrected chi connectivity index (χ1v) is 13.9. The van der Waals surface area contributed by atoms with Gasteiger partial charge in [0.25, 0.3) is 0 Å². The number of carbonyl (C=O) groups is 2. The van der Waals surface area contributed by atoms with Crippen molar-refractivity contribution >= 4 is 29.3 Å². The summed E-state index contributed by atoms with van der Waals surface area (Å²) in [5.74, 6) is -7.33. The fraction of sp³-hybridized carbons (Fsp3) is 0.654. The third-order valence-corrected chi connectivity index (χ3v) is 8.96. The molecule has 3 fully saturated rings. The Kier molecular flexibility index (Phi) is 8.20.